The van der Waals surface area contributed by atoms with Gasteiger partial charge in [0.25, 0.3) is 0 Å². The van der Waals surface area contributed by atoms with Crippen LogP contribution < -0.4 is 10.6 Å². The average Bonchev–Trinajstić information content (AvgIpc) is 2.63. The smallest absolute Gasteiger partial charge is 0.337 e. The number of nitrogens with zero attached hydrogens (tertiary/aromatic N) is 1. The van der Waals surface area contributed by atoms with Crippen LogP contribution in [0.5, 0.6) is 0 Å². The van der Waals surface area contributed by atoms with E-state index in [2.05, 4.69) is 15.4 Å². The van der Waals surface area contributed by atoms with Crippen molar-refractivity contribution in [1.82, 2.24) is 0 Å². The molecule has 0 radical (unpaired) electrons. The maximum atomic E-state index is 12.0. The van der Waals surface area contributed by atoms with Crippen LogP contribution in [-0.4, -0.2) is 25.5 Å². The first-order valence-electron chi connectivity index (χ1n) is 7.46. The molecule has 0 aromatic heterocycles. The van der Waals surface area contributed by atoms with Crippen LogP contribution in [0.15, 0.2) is 42.5 Å². The van der Waals surface area contributed by atoms with E-state index < -0.39 is 5.97 Å². The third-order valence-electron chi connectivity index (χ3n) is 3.38. The lowest BCUT2D eigenvalue weighted by Crippen LogP contribution is -2.17. The molecule has 0 unspecified atom stereocenters. The van der Waals surface area contributed by atoms with Crippen molar-refractivity contribution >= 4 is 34.9 Å². The number of benzene rings is 2. The number of hydrogen-bond donors (Lipinski definition) is 2. The Hall–Kier alpha value is -3.04. The number of methoxy groups -OCH3 is 1. The van der Waals surface area contributed by atoms with Gasteiger partial charge < -0.3 is 15.4 Å². The van der Waals surface area contributed by atoms with Gasteiger partial charge in [-0.2, -0.15) is 5.26 Å². The summed E-state index contributed by atoms with van der Waals surface area (Å²) in [6, 6.07) is 13.5. The van der Waals surface area contributed by atoms with Crippen molar-refractivity contribution in [3.63, 3.8) is 0 Å². The molecule has 2 N–H and O–H groups in total. The maximum absolute atomic E-state index is 12.0. The third-order valence-corrected chi connectivity index (χ3v) is 3.71. The topological polar surface area (TPSA) is 91.2 Å². The van der Waals surface area contributed by atoms with Crippen molar-refractivity contribution in [2.75, 3.05) is 24.3 Å². The molecule has 0 aliphatic carbocycles. The molecule has 2 rings (SSSR count). The fourth-order valence-electron chi connectivity index (χ4n) is 2.12. The Labute approximate surface area is 150 Å². The highest BCUT2D eigenvalue weighted by Crippen LogP contribution is 2.23. The average molecular weight is 358 g/mol. The molecule has 0 saturated carbocycles. The molecule has 0 bridgehead atoms. The summed E-state index contributed by atoms with van der Waals surface area (Å²) in [5.74, 6) is -0.707. The summed E-state index contributed by atoms with van der Waals surface area (Å²) in [6.45, 7) is 0.310. The molecule has 2 aromatic carbocycles. The maximum Gasteiger partial charge on any atom is 0.337 e. The molecule has 1 amide bonds. The van der Waals surface area contributed by atoms with Crippen LogP contribution in [0.3, 0.4) is 0 Å². The monoisotopic (exact) mass is 357 g/mol. The largest absolute Gasteiger partial charge is 0.465 e. The number of nitriles is 1. The van der Waals surface area contributed by atoms with Crippen LogP contribution in [0, 0.1) is 11.3 Å². The molecular weight excluding hydrogens is 342 g/mol. The number of anilines is 2. The molecule has 0 aliphatic rings. The SMILES string of the molecule is COC(=O)c1ccc(Cl)c(NCCC(=O)Nc2ccccc2C#N)c1. The first kappa shape index (κ1) is 18.3. The number of carbonyl (C=O) groups excluding carboxylic acids is 2. The van der Waals surface area contributed by atoms with Crippen molar-refractivity contribution < 1.29 is 14.3 Å². The molecule has 128 valence electrons. The van der Waals surface area contributed by atoms with Gasteiger partial charge in [-0.25, -0.2) is 4.79 Å². The molecule has 6 nitrogen and oxygen atoms in total. The number of rotatable bonds is 6. The molecular formula is C18H16ClN3O3. The lowest BCUT2D eigenvalue weighted by molar-refractivity contribution is -0.115. The molecule has 0 atom stereocenters. The van der Waals surface area contributed by atoms with E-state index in [-0.39, 0.29) is 12.3 Å². The number of halogens is 1. The minimum absolute atomic E-state index is 0.165. The van der Waals surface area contributed by atoms with Crippen LogP contribution in [0.1, 0.15) is 22.3 Å². The Bertz CT molecular complexity index is 831. The van der Waals surface area contributed by atoms with Crippen molar-refractivity contribution in [1.29, 1.82) is 5.26 Å². The van der Waals surface area contributed by atoms with Gasteiger partial charge in [0.1, 0.15) is 6.07 Å². The Morgan fingerprint density at radius 1 is 1.20 bits per heavy atom. The summed E-state index contributed by atoms with van der Waals surface area (Å²) >= 11 is 6.08. The number of ether oxygens (including phenoxy) is 1. The lowest BCUT2D eigenvalue weighted by atomic mass is 10.2. The normalized spacial score (nSPS) is 9.80. The second kappa shape index (κ2) is 8.71. The number of carbonyl (C=O) groups is 2. The van der Waals surface area contributed by atoms with Crippen molar-refractivity contribution in [2.24, 2.45) is 0 Å². The zero-order valence-electron chi connectivity index (χ0n) is 13.5. The standard InChI is InChI=1S/C18H16ClN3O3/c1-25-18(24)12-6-7-14(19)16(10-12)21-9-8-17(23)22-15-5-3-2-4-13(15)11-20/h2-7,10,21H,8-9H2,1H3,(H,22,23). The highest BCUT2D eigenvalue weighted by atomic mass is 35.5. The summed E-state index contributed by atoms with van der Waals surface area (Å²) in [5, 5.41) is 15.1. The second-order valence-electron chi connectivity index (χ2n) is 5.07. The Kier molecular flexibility index (Phi) is 6.38. The molecule has 7 heteroatoms. The fourth-order valence-corrected chi connectivity index (χ4v) is 2.30. The summed E-state index contributed by atoms with van der Waals surface area (Å²) in [7, 11) is 1.30. The van der Waals surface area contributed by atoms with E-state index in [4.69, 9.17) is 16.9 Å². The predicted octanol–water partition coefficient (Wildman–Crippen LogP) is 3.44. The second-order valence-corrected chi connectivity index (χ2v) is 5.48. The minimum atomic E-state index is -0.467. The molecule has 2 aromatic rings. The number of para-hydroxylation sites is 1. The molecule has 0 heterocycles. The predicted molar refractivity (Wildman–Crippen MR) is 95.7 cm³/mol. The van der Waals surface area contributed by atoms with Crippen molar-refractivity contribution in [3.8, 4) is 6.07 Å². The van der Waals surface area contributed by atoms with Crippen LogP contribution in [0.2, 0.25) is 5.02 Å². The lowest BCUT2D eigenvalue weighted by Gasteiger charge is -2.10. The van der Waals surface area contributed by atoms with Crippen LogP contribution in [0.25, 0.3) is 0 Å². The fraction of sp³-hybridized carbons (Fsp3) is 0.167. The van der Waals surface area contributed by atoms with Gasteiger partial charge in [-0.1, -0.05) is 23.7 Å². The number of esters is 1. The van der Waals surface area contributed by atoms with Crippen molar-refractivity contribution in [2.45, 2.75) is 6.42 Å². The molecule has 0 fully saturated rings. The van der Waals surface area contributed by atoms with E-state index in [1.165, 1.54) is 7.11 Å². The van der Waals surface area contributed by atoms with E-state index in [9.17, 15) is 9.59 Å². The zero-order chi connectivity index (χ0) is 18.2. The van der Waals surface area contributed by atoms with Crippen molar-refractivity contribution in [3.05, 3.63) is 58.6 Å². The number of hydrogen-bond acceptors (Lipinski definition) is 5. The van der Waals surface area contributed by atoms with Gasteiger partial charge in [-0.15, -0.1) is 0 Å². The minimum Gasteiger partial charge on any atom is -0.465 e. The van der Waals surface area contributed by atoms with Gasteiger partial charge >= 0.3 is 5.97 Å². The van der Waals surface area contributed by atoms with Crippen LogP contribution in [0.4, 0.5) is 11.4 Å². The Morgan fingerprint density at radius 3 is 2.68 bits per heavy atom. The third kappa shape index (κ3) is 4.96. The summed E-state index contributed by atoms with van der Waals surface area (Å²) in [4.78, 5) is 23.5. The number of amides is 1. The van der Waals surface area contributed by atoms with E-state index in [0.717, 1.165) is 0 Å². The van der Waals surface area contributed by atoms with Gasteiger partial charge in [0.05, 0.1) is 34.6 Å². The van der Waals surface area contributed by atoms with Gasteiger partial charge in [-0.3, -0.25) is 4.79 Å². The molecule has 0 spiro atoms. The van der Waals surface area contributed by atoms with Crippen LogP contribution >= 0.6 is 11.6 Å². The first-order valence-corrected chi connectivity index (χ1v) is 7.83. The van der Waals surface area contributed by atoms with Gasteiger partial charge in [0.2, 0.25) is 5.91 Å². The van der Waals surface area contributed by atoms with Crippen LogP contribution in [-0.2, 0) is 9.53 Å². The van der Waals surface area contributed by atoms with E-state index in [0.29, 0.717) is 34.1 Å². The van der Waals surface area contributed by atoms with E-state index in [1.807, 2.05) is 6.07 Å². The van der Waals surface area contributed by atoms with Gasteiger partial charge in [-0.05, 0) is 30.3 Å². The summed E-state index contributed by atoms with van der Waals surface area (Å²) in [5.41, 5.74) is 1.77. The Morgan fingerprint density at radius 2 is 1.96 bits per heavy atom. The van der Waals surface area contributed by atoms with Gasteiger partial charge in [0.15, 0.2) is 0 Å². The molecule has 0 aliphatic heterocycles. The number of nitrogens with one attached hydrogen (secondary N) is 2. The Balaban J connectivity index is 1.93. The summed E-state index contributed by atoms with van der Waals surface area (Å²) in [6.07, 6.45) is 0.165. The van der Waals surface area contributed by atoms with E-state index >= 15 is 0 Å². The summed E-state index contributed by atoms with van der Waals surface area (Å²) < 4.78 is 4.66. The highest BCUT2D eigenvalue weighted by Gasteiger charge is 2.10. The molecule has 25 heavy (non-hydrogen) atoms. The van der Waals surface area contributed by atoms with Gasteiger partial charge in [0, 0.05) is 13.0 Å². The zero-order valence-corrected chi connectivity index (χ0v) is 14.3. The molecule has 0 saturated heterocycles. The van der Waals surface area contributed by atoms with E-state index in [1.54, 1.807) is 42.5 Å². The first-order chi connectivity index (χ1) is 12.0. The highest BCUT2D eigenvalue weighted by molar-refractivity contribution is 6.33. The quantitative estimate of drug-likeness (QED) is 0.773.